The van der Waals surface area contributed by atoms with E-state index in [0.29, 0.717) is 0 Å². The van der Waals surface area contributed by atoms with Crippen molar-refractivity contribution < 1.29 is 9.90 Å². The molecule has 0 unspecified atom stereocenters. The highest BCUT2D eigenvalue weighted by Gasteiger charge is 2.15. The van der Waals surface area contributed by atoms with E-state index in [0.717, 1.165) is 42.1 Å². The summed E-state index contributed by atoms with van der Waals surface area (Å²) in [6, 6.07) is 4.85. The van der Waals surface area contributed by atoms with Gasteiger partial charge in [0.1, 0.15) is 5.75 Å². The average molecular weight is 342 g/mol. The SMILES string of the molecule is NC(=N/N=C/c1c[nH]c2ccc(O)cc12)NC(=O)NC1CCCCC1. The van der Waals surface area contributed by atoms with Crippen molar-refractivity contribution in [2.45, 2.75) is 38.1 Å². The Kier molecular flexibility index (Phi) is 5.17. The summed E-state index contributed by atoms with van der Waals surface area (Å²) >= 11 is 0. The first-order chi connectivity index (χ1) is 12.1. The maximum Gasteiger partial charge on any atom is 0.321 e. The number of phenolic OH excluding ortho intramolecular Hbond substituents is 1. The number of aromatic hydroxyl groups is 1. The minimum Gasteiger partial charge on any atom is -0.508 e. The molecule has 0 saturated heterocycles. The molecule has 1 fully saturated rings. The molecule has 0 aliphatic heterocycles. The summed E-state index contributed by atoms with van der Waals surface area (Å²) in [5, 5.41) is 23.4. The van der Waals surface area contributed by atoms with E-state index in [1.54, 1.807) is 24.4 Å². The van der Waals surface area contributed by atoms with E-state index in [9.17, 15) is 9.90 Å². The number of rotatable bonds is 3. The molecule has 2 amide bonds. The van der Waals surface area contributed by atoms with Gasteiger partial charge in [0.2, 0.25) is 5.96 Å². The first kappa shape index (κ1) is 16.8. The average Bonchev–Trinajstić information content (AvgIpc) is 2.98. The van der Waals surface area contributed by atoms with Crippen LogP contribution in [0.5, 0.6) is 5.75 Å². The second-order valence-corrected chi connectivity index (χ2v) is 6.14. The van der Waals surface area contributed by atoms with Crippen molar-refractivity contribution in [3.05, 3.63) is 30.0 Å². The lowest BCUT2D eigenvalue weighted by Crippen LogP contribution is -2.47. The Hall–Kier alpha value is -3.03. The van der Waals surface area contributed by atoms with Gasteiger partial charge in [-0.25, -0.2) is 4.79 Å². The van der Waals surface area contributed by atoms with Crippen LogP contribution in [0.4, 0.5) is 4.79 Å². The topological polar surface area (TPSA) is 128 Å². The van der Waals surface area contributed by atoms with Crippen LogP contribution in [-0.2, 0) is 0 Å². The molecule has 1 heterocycles. The number of hydrogen-bond acceptors (Lipinski definition) is 4. The molecule has 132 valence electrons. The molecule has 1 aliphatic rings. The number of hydrogen-bond donors (Lipinski definition) is 5. The fourth-order valence-corrected chi connectivity index (χ4v) is 3.00. The smallest absolute Gasteiger partial charge is 0.321 e. The number of aromatic nitrogens is 1. The lowest BCUT2D eigenvalue weighted by molar-refractivity contribution is 0.237. The van der Waals surface area contributed by atoms with Crippen LogP contribution in [-0.4, -0.2) is 34.3 Å². The maximum atomic E-state index is 11.9. The van der Waals surface area contributed by atoms with Crippen molar-refractivity contribution in [1.82, 2.24) is 15.6 Å². The van der Waals surface area contributed by atoms with Gasteiger partial charge in [0.15, 0.2) is 0 Å². The highest BCUT2D eigenvalue weighted by Crippen LogP contribution is 2.21. The molecule has 2 aromatic rings. The van der Waals surface area contributed by atoms with E-state index < -0.39 is 0 Å². The van der Waals surface area contributed by atoms with Gasteiger partial charge < -0.3 is 21.1 Å². The number of carbonyl (C=O) groups excluding carboxylic acids is 1. The van der Waals surface area contributed by atoms with Crippen LogP contribution in [0, 0.1) is 0 Å². The van der Waals surface area contributed by atoms with Crippen LogP contribution in [0.25, 0.3) is 10.9 Å². The van der Waals surface area contributed by atoms with E-state index in [2.05, 4.69) is 25.8 Å². The molecule has 1 saturated carbocycles. The number of nitrogens with zero attached hydrogens (tertiary/aromatic N) is 2. The number of nitrogens with two attached hydrogens (primary N) is 1. The Balaban J connectivity index is 1.57. The predicted molar refractivity (Wildman–Crippen MR) is 97.7 cm³/mol. The summed E-state index contributed by atoms with van der Waals surface area (Å²) in [6.07, 6.45) is 8.75. The highest BCUT2D eigenvalue weighted by molar-refractivity contribution is 6.00. The number of carbonyl (C=O) groups is 1. The van der Waals surface area contributed by atoms with Crippen molar-refractivity contribution in [3.63, 3.8) is 0 Å². The summed E-state index contributed by atoms with van der Waals surface area (Å²) in [6.45, 7) is 0. The van der Waals surface area contributed by atoms with Crippen molar-refractivity contribution in [3.8, 4) is 5.75 Å². The summed E-state index contributed by atoms with van der Waals surface area (Å²) in [7, 11) is 0. The first-order valence-corrected chi connectivity index (χ1v) is 8.36. The molecule has 6 N–H and O–H groups in total. The van der Waals surface area contributed by atoms with Gasteiger partial charge >= 0.3 is 6.03 Å². The number of phenols is 1. The highest BCUT2D eigenvalue weighted by atomic mass is 16.3. The number of guanidine groups is 1. The summed E-state index contributed by atoms with van der Waals surface area (Å²) in [4.78, 5) is 14.9. The Labute approximate surface area is 145 Å². The molecular weight excluding hydrogens is 320 g/mol. The van der Waals surface area contributed by atoms with Crippen LogP contribution in [0.2, 0.25) is 0 Å². The summed E-state index contributed by atoms with van der Waals surface area (Å²) < 4.78 is 0. The lowest BCUT2D eigenvalue weighted by Gasteiger charge is -2.22. The van der Waals surface area contributed by atoms with Gasteiger partial charge in [-0.1, -0.05) is 19.3 Å². The summed E-state index contributed by atoms with van der Waals surface area (Å²) in [5.41, 5.74) is 7.31. The van der Waals surface area contributed by atoms with Gasteiger partial charge in [0.25, 0.3) is 0 Å². The fourth-order valence-electron chi connectivity index (χ4n) is 3.00. The van der Waals surface area contributed by atoms with E-state index in [-0.39, 0.29) is 23.8 Å². The van der Waals surface area contributed by atoms with Crippen LogP contribution < -0.4 is 16.4 Å². The monoisotopic (exact) mass is 342 g/mol. The fraction of sp³-hybridized carbons (Fsp3) is 0.353. The third kappa shape index (κ3) is 4.50. The third-order valence-corrected chi connectivity index (χ3v) is 4.24. The zero-order valence-electron chi connectivity index (χ0n) is 13.8. The number of H-pyrrole nitrogens is 1. The number of urea groups is 1. The number of nitrogens with one attached hydrogen (secondary N) is 3. The molecule has 8 nitrogen and oxygen atoms in total. The van der Waals surface area contributed by atoms with Crippen molar-refractivity contribution in [2.24, 2.45) is 15.9 Å². The van der Waals surface area contributed by atoms with Gasteiger partial charge in [-0.15, -0.1) is 5.10 Å². The number of benzene rings is 1. The van der Waals surface area contributed by atoms with Crippen LogP contribution >= 0.6 is 0 Å². The zero-order chi connectivity index (χ0) is 17.6. The molecule has 0 atom stereocenters. The standard InChI is InChI=1S/C17H22N6O2/c18-16(22-17(25)21-12-4-2-1-3-5-12)23-20-10-11-9-19-15-7-6-13(24)8-14(11)15/h6-10,12,19,24H,1-5H2,(H4,18,21,22,23,25)/b20-10+. The molecular formula is C17H22N6O2. The van der Waals surface area contributed by atoms with Gasteiger partial charge in [-0.2, -0.15) is 5.10 Å². The Bertz CT molecular complexity index is 805. The van der Waals surface area contributed by atoms with Crippen molar-refractivity contribution >= 4 is 29.1 Å². The van der Waals surface area contributed by atoms with E-state index >= 15 is 0 Å². The number of aromatic amines is 1. The van der Waals surface area contributed by atoms with Crippen LogP contribution in [0.1, 0.15) is 37.7 Å². The Morgan fingerprint density at radius 3 is 2.92 bits per heavy atom. The molecule has 25 heavy (non-hydrogen) atoms. The number of amides is 2. The predicted octanol–water partition coefficient (Wildman–Crippen LogP) is 2.15. The normalized spacial score (nSPS) is 16.4. The minimum absolute atomic E-state index is 0.0766. The van der Waals surface area contributed by atoms with E-state index in [1.807, 2.05) is 0 Å². The molecule has 1 aliphatic carbocycles. The summed E-state index contributed by atoms with van der Waals surface area (Å²) in [5.74, 6) is 0.0954. The minimum atomic E-state index is -0.361. The Morgan fingerprint density at radius 2 is 2.12 bits per heavy atom. The number of fused-ring (bicyclic) bond motifs is 1. The molecule has 0 spiro atoms. The first-order valence-electron chi connectivity index (χ1n) is 8.36. The molecule has 1 aromatic carbocycles. The Morgan fingerprint density at radius 1 is 1.32 bits per heavy atom. The van der Waals surface area contributed by atoms with E-state index in [1.165, 1.54) is 12.6 Å². The largest absolute Gasteiger partial charge is 0.508 e. The zero-order valence-corrected chi connectivity index (χ0v) is 13.8. The second kappa shape index (κ2) is 7.69. The van der Waals surface area contributed by atoms with E-state index in [4.69, 9.17) is 5.73 Å². The molecule has 3 rings (SSSR count). The quantitative estimate of drug-likeness (QED) is 0.333. The van der Waals surface area contributed by atoms with Gasteiger partial charge in [-0.05, 0) is 31.0 Å². The second-order valence-electron chi connectivity index (χ2n) is 6.14. The molecule has 0 radical (unpaired) electrons. The molecule has 8 heteroatoms. The maximum absolute atomic E-state index is 11.9. The third-order valence-electron chi connectivity index (χ3n) is 4.24. The van der Waals surface area contributed by atoms with Crippen molar-refractivity contribution in [2.75, 3.05) is 0 Å². The van der Waals surface area contributed by atoms with Crippen molar-refractivity contribution in [1.29, 1.82) is 0 Å². The lowest BCUT2D eigenvalue weighted by atomic mass is 9.96. The van der Waals surface area contributed by atoms with Crippen LogP contribution in [0.15, 0.2) is 34.6 Å². The van der Waals surface area contributed by atoms with Gasteiger partial charge in [0.05, 0.1) is 6.21 Å². The van der Waals surface area contributed by atoms with Gasteiger partial charge in [-0.3, -0.25) is 5.32 Å². The molecule has 0 bridgehead atoms. The van der Waals surface area contributed by atoms with Gasteiger partial charge in [0, 0.05) is 28.7 Å². The van der Waals surface area contributed by atoms with Crippen LogP contribution in [0.3, 0.4) is 0 Å². The molecule has 1 aromatic heterocycles.